The first-order valence-corrected chi connectivity index (χ1v) is 10.4. The lowest BCUT2D eigenvalue weighted by Crippen LogP contribution is -2.26. The Morgan fingerprint density at radius 1 is 0.938 bits per heavy atom. The maximum atomic E-state index is 13.2. The van der Waals surface area contributed by atoms with Gasteiger partial charge in [0, 0.05) is 11.1 Å². The van der Waals surface area contributed by atoms with Crippen LogP contribution in [-0.2, 0) is 6.61 Å². The number of halogens is 1. The van der Waals surface area contributed by atoms with E-state index in [2.05, 4.69) is 11.4 Å². The van der Waals surface area contributed by atoms with Gasteiger partial charge in [0.05, 0.1) is 13.2 Å². The summed E-state index contributed by atoms with van der Waals surface area (Å²) in [5.41, 5.74) is 2.09. The summed E-state index contributed by atoms with van der Waals surface area (Å²) in [6, 6.07) is 25.1. The quantitative estimate of drug-likeness (QED) is 0.389. The van der Waals surface area contributed by atoms with E-state index in [1.807, 2.05) is 43.3 Å². The Labute approximate surface area is 186 Å². The fraction of sp³-hybridized carbons (Fsp3) is 0.148. The molecule has 1 unspecified atom stereocenters. The third-order valence-corrected chi connectivity index (χ3v) is 5.38. The molecule has 1 amide bonds. The van der Waals surface area contributed by atoms with Crippen molar-refractivity contribution in [2.75, 3.05) is 7.11 Å². The summed E-state index contributed by atoms with van der Waals surface area (Å²) in [6.07, 6.45) is 0. The van der Waals surface area contributed by atoms with Gasteiger partial charge in [-0.25, -0.2) is 4.39 Å². The van der Waals surface area contributed by atoms with E-state index in [1.165, 1.54) is 12.1 Å². The number of ether oxygens (including phenoxy) is 2. The third-order valence-electron chi connectivity index (χ3n) is 5.38. The van der Waals surface area contributed by atoms with E-state index in [1.54, 1.807) is 37.4 Å². The van der Waals surface area contributed by atoms with Crippen LogP contribution in [0.15, 0.2) is 84.9 Å². The standard InChI is InChI=1S/C27H24FNO3/c1-18(19-7-11-24(28)12-8-19)29-27(30)22-10-14-26(31-2)23(15-22)17-32-25-13-9-20-5-3-4-6-21(20)16-25/h3-16,18H,17H2,1-2H3,(H,29,30). The lowest BCUT2D eigenvalue weighted by Gasteiger charge is -2.16. The van der Waals surface area contributed by atoms with Gasteiger partial charge < -0.3 is 14.8 Å². The van der Waals surface area contributed by atoms with Crippen LogP contribution in [0.3, 0.4) is 0 Å². The normalized spacial score (nSPS) is 11.7. The number of rotatable bonds is 7. The number of nitrogens with one attached hydrogen (secondary N) is 1. The molecule has 0 aliphatic carbocycles. The Bertz CT molecular complexity index is 1240. The molecule has 4 aromatic carbocycles. The molecule has 0 spiro atoms. The Balaban J connectivity index is 1.48. The maximum absolute atomic E-state index is 13.2. The van der Waals surface area contributed by atoms with Crippen LogP contribution in [0.4, 0.5) is 4.39 Å². The predicted molar refractivity (Wildman–Crippen MR) is 124 cm³/mol. The van der Waals surface area contributed by atoms with Crippen LogP contribution in [0.1, 0.15) is 34.5 Å². The second-order valence-electron chi connectivity index (χ2n) is 7.57. The Hall–Kier alpha value is -3.86. The number of carbonyl (C=O) groups excluding carboxylic acids is 1. The van der Waals surface area contributed by atoms with Crippen LogP contribution in [0.2, 0.25) is 0 Å². The van der Waals surface area contributed by atoms with Gasteiger partial charge in [0.15, 0.2) is 0 Å². The number of hydrogen-bond acceptors (Lipinski definition) is 3. The molecule has 0 bridgehead atoms. The number of fused-ring (bicyclic) bond motifs is 1. The van der Waals surface area contributed by atoms with Gasteiger partial charge in [0.1, 0.15) is 23.9 Å². The van der Waals surface area contributed by atoms with Crippen molar-refractivity contribution in [3.63, 3.8) is 0 Å². The average molecular weight is 429 g/mol. The van der Waals surface area contributed by atoms with Crippen LogP contribution in [-0.4, -0.2) is 13.0 Å². The van der Waals surface area contributed by atoms with Crippen molar-refractivity contribution in [1.82, 2.24) is 5.32 Å². The Morgan fingerprint density at radius 2 is 1.69 bits per heavy atom. The van der Waals surface area contributed by atoms with Crippen LogP contribution in [0.25, 0.3) is 10.8 Å². The fourth-order valence-corrected chi connectivity index (χ4v) is 3.57. The summed E-state index contributed by atoms with van der Waals surface area (Å²) in [7, 11) is 1.59. The molecule has 4 aromatic rings. The maximum Gasteiger partial charge on any atom is 0.251 e. The third kappa shape index (κ3) is 4.89. The molecule has 4 nitrogen and oxygen atoms in total. The van der Waals surface area contributed by atoms with Crippen LogP contribution < -0.4 is 14.8 Å². The Kier molecular flexibility index (Phi) is 6.36. The summed E-state index contributed by atoms with van der Waals surface area (Å²) in [6.45, 7) is 2.12. The lowest BCUT2D eigenvalue weighted by molar-refractivity contribution is 0.0939. The highest BCUT2D eigenvalue weighted by atomic mass is 19.1. The number of hydrogen-bond donors (Lipinski definition) is 1. The van der Waals surface area contributed by atoms with Crippen molar-refractivity contribution in [2.45, 2.75) is 19.6 Å². The fourth-order valence-electron chi connectivity index (χ4n) is 3.57. The van der Waals surface area contributed by atoms with E-state index in [0.717, 1.165) is 27.6 Å². The number of methoxy groups -OCH3 is 1. The minimum Gasteiger partial charge on any atom is -0.496 e. The van der Waals surface area contributed by atoms with Gasteiger partial charge in [-0.05, 0) is 65.7 Å². The van der Waals surface area contributed by atoms with Gasteiger partial charge in [-0.1, -0.05) is 42.5 Å². The zero-order valence-corrected chi connectivity index (χ0v) is 18.0. The van der Waals surface area contributed by atoms with E-state index in [9.17, 15) is 9.18 Å². The van der Waals surface area contributed by atoms with Crippen molar-refractivity contribution in [1.29, 1.82) is 0 Å². The topological polar surface area (TPSA) is 47.6 Å². The molecule has 4 rings (SSSR count). The number of benzene rings is 4. The molecule has 0 heterocycles. The van der Waals surface area contributed by atoms with Crippen LogP contribution in [0.5, 0.6) is 11.5 Å². The summed E-state index contributed by atoms with van der Waals surface area (Å²) < 4.78 is 24.6. The minimum atomic E-state index is -0.307. The van der Waals surface area contributed by atoms with E-state index >= 15 is 0 Å². The first kappa shape index (κ1) is 21.4. The highest BCUT2D eigenvalue weighted by molar-refractivity contribution is 5.94. The molecule has 0 aliphatic rings. The molecule has 0 saturated heterocycles. The van der Waals surface area contributed by atoms with Crippen molar-refractivity contribution >= 4 is 16.7 Å². The molecule has 162 valence electrons. The van der Waals surface area contributed by atoms with Crippen molar-refractivity contribution in [3.05, 3.63) is 107 Å². The van der Waals surface area contributed by atoms with E-state index < -0.39 is 0 Å². The zero-order chi connectivity index (χ0) is 22.5. The molecule has 5 heteroatoms. The summed E-state index contributed by atoms with van der Waals surface area (Å²) >= 11 is 0. The molecular formula is C27H24FNO3. The first-order valence-electron chi connectivity index (χ1n) is 10.4. The summed E-state index contributed by atoms with van der Waals surface area (Å²) in [4.78, 5) is 12.8. The molecule has 1 atom stereocenters. The smallest absolute Gasteiger partial charge is 0.251 e. The summed E-state index contributed by atoms with van der Waals surface area (Å²) in [5.74, 6) is 0.856. The van der Waals surface area contributed by atoms with Gasteiger partial charge in [-0.3, -0.25) is 4.79 Å². The van der Waals surface area contributed by atoms with Crippen molar-refractivity contribution < 1.29 is 18.7 Å². The molecular weight excluding hydrogens is 405 g/mol. The SMILES string of the molecule is COc1ccc(C(=O)NC(C)c2ccc(F)cc2)cc1COc1ccc2ccccc2c1. The first-order chi connectivity index (χ1) is 15.5. The zero-order valence-electron chi connectivity index (χ0n) is 18.0. The molecule has 0 aromatic heterocycles. The number of amides is 1. The largest absolute Gasteiger partial charge is 0.496 e. The monoisotopic (exact) mass is 429 g/mol. The molecule has 1 N–H and O–H groups in total. The predicted octanol–water partition coefficient (Wildman–Crippen LogP) is 6.06. The van der Waals surface area contributed by atoms with E-state index in [0.29, 0.717) is 11.3 Å². The second kappa shape index (κ2) is 9.52. The Morgan fingerprint density at radius 3 is 2.44 bits per heavy atom. The van der Waals surface area contributed by atoms with Gasteiger partial charge in [-0.2, -0.15) is 0 Å². The van der Waals surface area contributed by atoms with E-state index in [-0.39, 0.29) is 24.4 Å². The summed E-state index contributed by atoms with van der Waals surface area (Å²) in [5, 5.41) is 5.19. The second-order valence-corrected chi connectivity index (χ2v) is 7.57. The molecule has 32 heavy (non-hydrogen) atoms. The highest BCUT2D eigenvalue weighted by Gasteiger charge is 2.14. The van der Waals surface area contributed by atoms with Gasteiger partial charge >= 0.3 is 0 Å². The highest BCUT2D eigenvalue weighted by Crippen LogP contribution is 2.25. The average Bonchev–Trinajstić information content (AvgIpc) is 2.82. The van der Waals surface area contributed by atoms with Gasteiger partial charge in [-0.15, -0.1) is 0 Å². The lowest BCUT2D eigenvalue weighted by atomic mass is 10.1. The molecule has 0 fully saturated rings. The van der Waals surface area contributed by atoms with Gasteiger partial charge in [0.25, 0.3) is 5.91 Å². The molecule has 0 saturated carbocycles. The van der Waals surface area contributed by atoms with E-state index in [4.69, 9.17) is 9.47 Å². The molecule has 0 radical (unpaired) electrons. The van der Waals surface area contributed by atoms with Crippen LogP contribution >= 0.6 is 0 Å². The van der Waals surface area contributed by atoms with Crippen molar-refractivity contribution in [2.24, 2.45) is 0 Å². The molecule has 0 aliphatic heterocycles. The van der Waals surface area contributed by atoms with Crippen molar-refractivity contribution in [3.8, 4) is 11.5 Å². The number of carbonyl (C=O) groups is 1. The van der Waals surface area contributed by atoms with Gasteiger partial charge in [0.2, 0.25) is 0 Å². The minimum absolute atomic E-state index is 0.226. The van der Waals surface area contributed by atoms with Crippen LogP contribution in [0, 0.1) is 5.82 Å².